The number of aliphatic hydroxyl groups is 2. The highest BCUT2D eigenvalue weighted by molar-refractivity contribution is 6.03. The van der Waals surface area contributed by atoms with E-state index in [0.717, 1.165) is 61.6 Å². The number of aliphatic hydroxyl groups excluding tert-OH is 2. The number of carbonyl (C=O) groups is 2. The SMILES string of the molecule is C=CCO[C@@]12Oc3ccc(OC(=O)NCCCCCCCCCCCC)cc3[C@H]3[C@H](CCCCO)[C@@H](CCCCO)C=C(C(=NOCc4ccccc4)C[C@@H]1N(CCC)C(=O)OCC)[C@H]32. The third-order valence-corrected chi connectivity index (χ3v) is 13.2. The molecule has 3 N–H and O–H groups in total. The van der Waals surface area contributed by atoms with E-state index in [9.17, 15) is 19.8 Å². The molecule has 12 heteroatoms. The third-order valence-electron chi connectivity index (χ3n) is 13.2. The van der Waals surface area contributed by atoms with Gasteiger partial charge in [0.25, 0.3) is 0 Å². The van der Waals surface area contributed by atoms with Gasteiger partial charge in [0.2, 0.25) is 5.79 Å². The average Bonchev–Trinajstić information content (AvgIpc) is 3.31. The number of nitrogens with zero attached hydrogens (tertiary/aromatic N) is 2. The normalized spacial score (nSPS) is 22.5. The molecule has 65 heavy (non-hydrogen) atoms. The Hall–Kier alpha value is -4.39. The summed E-state index contributed by atoms with van der Waals surface area (Å²) in [4.78, 5) is 35.3. The van der Waals surface area contributed by atoms with Crippen LogP contribution in [-0.2, 0) is 20.9 Å². The van der Waals surface area contributed by atoms with E-state index in [1.807, 2.05) is 49.4 Å². The molecule has 360 valence electrons. The molecule has 2 amide bonds. The second kappa shape index (κ2) is 27.9. The highest BCUT2D eigenvalue weighted by atomic mass is 16.7. The number of rotatable bonds is 30. The maximum absolute atomic E-state index is 14.1. The molecule has 0 unspecified atom stereocenters. The molecule has 3 aliphatic rings. The minimum Gasteiger partial charge on any atom is -0.459 e. The molecular formula is C53H79N3O9. The summed E-state index contributed by atoms with van der Waals surface area (Å²) in [5, 5.41) is 27.7. The van der Waals surface area contributed by atoms with Crippen molar-refractivity contribution in [3.63, 3.8) is 0 Å². The minimum atomic E-state index is -1.40. The molecule has 1 saturated carbocycles. The van der Waals surface area contributed by atoms with E-state index in [2.05, 4.69) is 24.9 Å². The number of fused-ring (bicyclic) bond motifs is 2. The summed E-state index contributed by atoms with van der Waals surface area (Å²) in [5.41, 5.74) is 3.49. The number of nitrogens with one attached hydrogen (secondary N) is 1. The lowest BCUT2D eigenvalue weighted by Crippen LogP contribution is -2.70. The van der Waals surface area contributed by atoms with Crippen LogP contribution in [0, 0.1) is 17.8 Å². The van der Waals surface area contributed by atoms with Crippen LogP contribution in [0.1, 0.15) is 153 Å². The molecule has 2 aliphatic carbocycles. The Morgan fingerprint density at radius 1 is 0.892 bits per heavy atom. The Labute approximate surface area is 389 Å². The van der Waals surface area contributed by atoms with Crippen LogP contribution in [0.2, 0.25) is 0 Å². The molecule has 0 radical (unpaired) electrons. The Morgan fingerprint density at radius 2 is 1.60 bits per heavy atom. The summed E-state index contributed by atoms with van der Waals surface area (Å²) in [6.07, 6.45) is 20.7. The number of benzene rings is 2. The minimum absolute atomic E-state index is 0.0243. The van der Waals surface area contributed by atoms with E-state index in [4.69, 9.17) is 28.9 Å². The number of amides is 2. The molecule has 2 aromatic carbocycles. The van der Waals surface area contributed by atoms with Gasteiger partial charge in [-0.25, -0.2) is 9.59 Å². The van der Waals surface area contributed by atoms with Crippen molar-refractivity contribution in [2.24, 2.45) is 22.9 Å². The van der Waals surface area contributed by atoms with Crippen molar-refractivity contribution in [3.8, 4) is 11.5 Å². The lowest BCUT2D eigenvalue weighted by atomic mass is 9.55. The van der Waals surface area contributed by atoms with Crippen LogP contribution in [-0.4, -0.2) is 84.4 Å². The molecular weight excluding hydrogens is 823 g/mol. The molecule has 5 rings (SSSR count). The van der Waals surface area contributed by atoms with E-state index >= 15 is 0 Å². The Morgan fingerprint density at radius 3 is 2.28 bits per heavy atom. The zero-order chi connectivity index (χ0) is 46.3. The van der Waals surface area contributed by atoms with Crippen molar-refractivity contribution in [2.75, 3.05) is 39.5 Å². The van der Waals surface area contributed by atoms with Gasteiger partial charge in [0.05, 0.1) is 24.8 Å². The monoisotopic (exact) mass is 902 g/mol. The summed E-state index contributed by atoms with van der Waals surface area (Å²) in [7, 11) is 0. The first-order valence-corrected chi connectivity index (χ1v) is 25.0. The second-order valence-corrected chi connectivity index (χ2v) is 17.9. The van der Waals surface area contributed by atoms with Gasteiger partial charge in [-0.2, -0.15) is 0 Å². The van der Waals surface area contributed by atoms with Crippen molar-refractivity contribution in [3.05, 3.63) is 84.0 Å². The van der Waals surface area contributed by atoms with Crippen molar-refractivity contribution in [1.82, 2.24) is 10.2 Å². The molecule has 2 aromatic rings. The van der Waals surface area contributed by atoms with Crippen molar-refractivity contribution in [2.45, 2.75) is 161 Å². The second-order valence-electron chi connectivity index (χ2n) is 17.9. The van der Waals surface area contributed by atoms with Crippen LogP contribution in [0.25, 0.3) is 0 Å². The highest BCUT2D eigenvalue weighted by Crippen LogP contribution is 2.62. The zero-order valence-corrected chi connectivity index (χ0v) is 39.7. The fourth-order valence-corrected chi connectivity index (χ4v) is 10.2. The third kappa shape index (κ3) is 14.3. The molecule has 1 heterocycles. The number of hydrogen-bond donors (Lipinski definition) is 3. The summed E-state index contributed by atoms with van der Waals surface area (Å²) in [6, 6.07) is 14.8. The van der Waals surface area contributed by atoms with Gasteiger partial charge in [0.1, 0.15) is 24.1 Å². The van der Waals surface area contributed by atoms with E-state index in [0.29, 0.717) is 49.6 Å². The molecule has 0 spiro atoms. The smallest absolute Gasteiger partial charge is 0.412 e. The van der Waals surface area contributed by atoms with Crippen molar-refractivity contribution >= 4 is 17.9 Å². The topological polar surface area (TPSA) is 148 Å². The van der Waals surface area contributed by atoms with Gasteiger partial charge in [-0.05, 0) is 86.6 Å². The number of carbonyl (C=O) groups excluding carboxylic acids is 2. The standard InChI is InChI=1S/C53H79N3O9/c1-5-9-10-11-12-13-14-15-16-22-31-54-51(59)64-42-29-30-47-45(37-42)49-43(28-21-24-34-58)41(27-20-23-33-57)36-44-46(55-63-39-40-25-18-17-19-26-40)38-48(56(32-6-2)52(60)61-8-4)53(65-47,50(44)49)62-35-7-3/h7,17-19,25-26,29-30,36-37,41,43,48-50,57-58H,3,5-6,8-16,20-24,27-28,31-35,38-39H2,1-2,4H3,(H,54,59)/t41-,43+,48-,49+,50+,53+/m0/s1. The molecule has 1 aliphatic heterocycles. The Bertz CT molecular complexity index is 1800. The predicted molar refractivity (Wildman–Crippen MR) is 256 cm³/mol. The van der Waals surface area contributed by atoms with Crippen molar-refractivity contribution in [1.29, 1.82) is 0 Å². The average molecular weight is 902 g/mol. The van der Waals surface area contributed by atoms with E-state index in [1.165, 1.54) is 44.9 Å². The van der Waals surface area contributed by atoms with E-state index < -0.39 is 29.9 Å². The summed E-state index contributed by atoms with van der Waals surface area (Å²) in [6.45, 7) is 11.8. The highest BCUT2D eigenvalue weighted by Gasteiger charge is 2.65. The number of ether oxygens (including phenoxy) is 4. The van der Waals surface area contributed by atoms with Crippen LogP contribution < -0.4 is 14.8 Å². The number of unbranched alkanes of at least 4 members (excludes halogenated alkanes) is 11. The van der Waals surface area contributed by atoms with E-state index in [1.54, 1.807) is 24.0 Å². The largest absolute Gasteiger partial charge is 0.459 e. The lowest BCUT2D eigenvalue weighted by molar-refractivity contribution is -0.255. The fourth-order valence-electron chi connectivity index (χ4n) is 10.2. The molecule has 6 atom stereocenters. The number of allylic oxidation sites excluding steroid dienone is 1. The van der Waals surface area contributed by atoms with Crippen LogP contribution >= 0.6 is 0 Å². The van der Waals surface area contributed by atoms with Gasteiger partial charge < -0.3 is 39.3 Å². The maximum Gasteiger partial charge on any atom is 0.412 e. The van der Waals surface area contributed by atoms with E-state index in [-0.39, 0.29) is 57.2 Å². The zero-order valence-electron chi connectivity index (χ0n) is 39.7. The Kier molecular flexibility index (Phi) is 22.2. The van der Waals surface area contributed by atoms with Gasteiger partial charge in [-0.1, -0.05) is 132 Å². The Balaban J connectivity index is 1.54. The van der Waals surface area contributed by atoms with Crippen molar-refractivity contribution < 1.29 is 43.6 Å². The quantitative estimate of drug-likeness (QED) is 0.0396. The number of hydrogen-bond acceptors (Lipinski definition) is 10. The van der Waals surface area contributed by atoms with Crippen LogP contribution in [0.3, 0.4) is 0 Å². The summed E-state index contributed by atoms with van der Waals surface area (Å²) in [5.74, 6) is -1.08. The van der Waals surface area contributed by atoms with Gasteiger partial charge in [0, 0.05) is 44.2 Å². The first-order valence-electron chi connectivity index (χ1n) is 25.0. The molecule has 0 bridgehead atoms. The molecule has 0 aromatic heterocycles. The van der Waals surface area contributed by atoms with Crippen LogP contribution in [0.4, 0.5) is 9.59 Å². The number of oxime groups is 1. The van der Waals surface area contributed by atoms with Gasteiger partial charge in [-0.3, -0.25) is 4.90 Å². The fraction of sp³-hybridized carbons (Fsp3) is 0.642. The maximum atomic E-state index is 14.1. The molecule has 1 fully saturated rings. The van der Waals surface area contributed by atoms with Gasteiger partial charge >= 0.3 is 12.2 Å². The predicted octanol–water partition coefficient (Wildman–Crippen LogP) is 11.4. The van der Waals surface area contributed by atoms with Gasteiger partial charge in [0.15, 0.2) is 0 Å². The first-order chi connectivity index (χ1) is 31.8. The summed E-state index contributed by atoms with van der Waals surface area (Å²) < 4.78 is 26.0. The van der Waals surface area contributed by atoms with Gasteiger partial charge in [-0.15, -0.1) is 6.58 Å². The van der Waals surface area contributed by atoms with Crippen LogP contribution in [0.5, 0.6) is 11.5 Å². The first kappa shape index (κ1) is 51.6. The summed E-state index contributed by atoms with van der Waals surface area (Å²) >= 11 is 0. The molecule has 12 nitrogen and oxygen atoms in total. The van der Waals surface area contributed by atoms with Crippen LogP contribution in [0.15, 0.2) is 78.0 Å². The molecule has 0 saturated heterocycles. The lowest BCUT2D eigenvalue weighted by Gasteiger charge is -2.59.